The van der Waals surface area contributed by atoms with Crippen molar-refractivity contribution in [2.75, 3.05) is 13.7 Å². The topological polar surface area (TPSA) is 87.7 Å². The largest absolute Gasteiger partial charge is 0.480 e. The minimum atomic E-state index is -1.07. The summed E-state index contributed by atoms with van der Waals surface area (Å²) in [7, 11) is 1.57. The number of ether oxygens (including phenoxy) is 1. The molecule has 1 fully saturated rings. The molecule has 1 rings (SSSR count). The van der Waals surface area contributed by atoms with Gasteiger partial charge in [0.25, 0.3) is 0 Å². The highest BCUT2D eigenvalue weighted by atomic mass is 16.5. The summed E-state index contributed by atoms with van der Waals surface area (Å²) in [5.74, 6) is -0.741. The number of amides is 2. The van der Waals surface area contributed by atoms with Crippen LogP contribution in [0.1, 0.15) is 33.1 Å². The molecule has 0 heterocycles. The van der Waals surface area contributed by atoms with E-state index in [1.165, 1.54) is 0 Å². The molecule has 0 aromatic heterocycles. The van der Waals surface area contributed by atoms with E-state index in [1.54, 1.807) is 7.11 Å². The second-order valence-corrected chi connectivity index (χ2v) is 5.15. The molecule has 104 valence electrons. The normalized spacial score (nSPS) is 18.9. The van der Waals surface area contributed by atoms with Gasteiger partial charge in [-0.15, -0.1) is 0 Å². The number of carboxylic acids is 1. The van der Waals surface area contributed by atoms with E-state index >= 15 is 0 Å². The van der Waals surface area contributed by atoms with Crippen LogP contribution in [0.5, 0.6) is 0 Å². The van der Waals surface area contributed by atoms with Gasteiger partial charge in [0.2, 0.25) is 0 Å². The molecule has 0 aliphatic heterocycles. The standard InChI is InChI=1S/C12H22N2O4/c1-8(2)9(7-18-3)13-11(17)14-12(10(15)16)5-4-6-12/h8-9H,4-7H2,1-3H3,(H,15,16)(H2,13,14,17). The number of carbonyl (C=O) groups is 2. The average Bonchev–Trinajstić information content (AvgIpc) is 2.22. The number of hydrogen-bond acceptors (Lipinski definition) is 3. The third-order valence-electron chi connectivity index (χ3n) is 3.44. The van der Waals surface area contributed by atoms with Gasteiger partial charge in [0.15, 0.2) is 0 Å². The van der Waals surface area contributed by atoms with Crippen LogP contribution in [0.2, 0.25) is 0 Å². The van der Waals surface area contributed by atoms with Gasteiger partial charge in [-0.05, 0) is 25.2 Å². The van der Waals surface area contributed by atoms with Crippen molar-refractivity contribution in [1.82, 2.24) is 10.6 Å². The Morgan fingerprint density at radius 1 is 1.39 bits per heavy atom. The number of aliphatic carboxylic acids is 1. The molecule has 6 heteroatoms. The Bertz CT molecular complexity index is 313. The minimum absolute atomic E-state index is 0.124. The fraction of sp³-hybridized carbons (Fsp3) is 0.833. The lowest BCUT2D eigenvalue weighted by molar-refractivity contribution is -0.148. The molecule has 6 nitrogen and oxygen atoms in total. The second kappa shape index (κ2) is 6.04. The first-order valence-corrected chi connectivity index (χ1v) is 6.22. The van der Waals surface area contributed by atoms with Crippen molar-refractivity contribution in [3.8, 4) is 0 Å². The maximum absolute atomic E-state index is 11.8. The smallest absolute Gasteiger partial charge is 0.329 e. The first-order valence-electron chi connectivity index (χ1n) is 6.22. The van der Waals surface area contributed by atoms with Gasteiger partial charge in [0.1, 0.15) is 5.54 Å². The third kappa shape index (κ3) is 3.35. The van der Waals surface area contributed by atoms with Crippen molar-refractivity contribution in [3.05, 3.63) is 0 Å². The summed E-state index contributed by atoms with van der Waals surface area (Å²) in [5, 5.41) is 14.4. The maximum atomic E-state index is 11.8. The molecule has 1 saturated carbocycles. The lowest BCUT2D eigenvalue weighted by Gasteiger charge is -2.38. The molecule has 0 saturated heterocycles. The van der Waals surface area contributed by atoms with E-state index in [9.17, 15) is 9.59 Å². The van der Waals surface area contributed by atoms with Gasteiger partial charge in [0, 0.05) is 7.11 Å². The summed E-state index contributed by atoms with van der Waals surface area (Å²) < 4.78 is 5.03. The first-order chi connectivity index (χ1) is 8.41. The zero-order valence-electron chi connectivity index (χ0n) is 11.2. The minimum Gasteiger partial charge on any atom is -0.480 e. The summed E-state index contributed by atoms with van der Waals surface area (Å²) in [6, 6.07) is -0.561. The van der Waals surface area contributed by atoms with E-state index in [4.69, 9.17) is 9.84 Å². The van der Waals surface area contributed by atoms with Crippen LogP contribution in [-0.2, 0) is 9.53 Å². The molecule has 0 radical (unpaired) electrons. The van der Waals surface area contributed by atoms with E-state index in [0.717, 1.165) is 6.42 Å². The molecule has 0 aromatic carbocycles. The van der Waals surface area contributed by atoms with Crippen LogP contribution < -0.4 is 10.6 Å². The molecular weight excluding hydrogens is 236 g/mol. The number of urea groups is 1. The lowest BCUT2D eigenvalue weighted by atomic mass is 9.77. The molecule has 0 aromatic rings. The van der Waals surface area contributed by atoms with Crippen LogP contribution in [0.3, 0.4) is 0 Å². The van der Waals surface area contributed by atoms with E-state index in [1.807, 2.05) is 13.8 Å². The lowest BCUT2D eigenvalue weighted by Crippen LogP contribution is -2.62. The Morgan fingerprint density at radius 3 is 2.33 bits per heavy atom. The van der Waals surface area contributed by atoms with Crippen molar-refractivity contribution in [2.45, 2.75) is 44.7 Å². The first kappa shape index (κ1) is 14.8. The molecule has 1 aliphatic rings. The number of carboxylic acid groups (broad SMARTS) is 1. The second-order valence-electron chi connectivity index (χ2n) is 5.15. The van der Waals surface area contributed by atoms with Gasteiger partial charge in [0.05, 0.1) is 12.6 Å². The summed E-state index contributed by atoms with van der Waals surface area (Å²) in [5.41, 5.74) is -1.07. The Balaban J connectivity index is 2.52. The Labute approximate surface area is 107 Å². The highest BCUT2D eigenvalue weighted by Crippen LogP contribution is 2.31. The van der Waals surface area contributed by atoms with Crippen molar-refractivity contribution < 1.29 is 19.4 Å². The number of carbonyl (C=O) groups excluding carboxylic acids is 1. The van der Waals surface area contributed by atoms with Crippen LogP contribution in [0.15, 0.2) is 0 Å². The van der Waals surface area contributed by atoms with E-state index < -0.39 is 17.5 Å². The fourth-order valence-corrected chi connectivity index (χ4v) is 1.92. The maximum Gasteiger partial charge on any atom is 0.329 e. The van der Waals surface area contributed by atoms with Crippen LogP contribution in [0.25, 0.3) is 0 Å². The van der Waals surface area contributed by atoms with Gasteiger partial charge < -0.3 is 20.5 Å². The van der Waals surface area contributed by atoms with Crippen LogP contribution in [0, 0.1) is 5.92 Å². The van der Waals surface area contributed by atoms with Crippen LogP contribution in [-0.4, -0.2) is 42.4 Å². The van der Waals surface area contributed by atoms with Gasteiger partial charge >= 0.3 is 12.0 Å². The zero-order chi connectivity index (χ0) is 13.8. The average molecular weight is 258 g/mol. The zero-order valence-corrected chi connectivity index (χ0v) is 11.2. The fourth-order valence-electron chi connectivity index (χ4n) is 1.92. The molecule has 2 amide bonds. The molecule has 1 aliphatic carbocycles. The number of methoxy groups -OCH3 is 1. The van der Waals surface area contributed by atoms with Gasteiger partial charge in [-0.25, -0.2) is 9.59 Å². The van der Waals surface area contributed by atoms with Crippen LogP contribution >= 0.6 is 0 Å². The summed E-state index contributed by atoms with van der Waals surface area (Å²) in [6.07, 6.45) is 1.82. The molecule has 1 unspecified atom stereocenters. The highest BCUT2D eigenvalue weighted by Gasteiger charge is 2.45. The Hall–Kier alpha value is -1.30. The van der Waals surface area contributed by atoms with Crippen molar-refractivity contribution in [3.63, 3.8) is 0 Å². The van der Waals surface area contributed by atoms with Crippen molar-refractivity contribution in [1.29, 1.82) is 0 Å². The van der Waals surface area contributed by atoms with Crippen molar-refractivity contribution >= 4 is 12.0 Å². The summed E-state index contributed by atoms with van der Waals surface area (Å²) in [6.45, 7) is 4.35. The summed E-state index contributed by atoms with van der Waals surface area (Å²) >= 11 is 0. The van der Waals surface area contributed by atoms with E-state index in [-0.39, 0.29) is 12.0 Å². The molecule has 3 N–H and O–H groups in total. The van der Waals surface area contributed by atoms with E-state index in [2.05, 4.69) is 10.6 Å². The quantitative estimate of drug-likeness (QED) is 0.662. The number of hydrogen-bond donors (Lipinski definition) is 3. The molecular formula is C12H22N2O4. The predicted molar refractivity (Wildman–Crippen MR) is 66.4 cm³/mol. The van der Waals surface area contributed by atoms with Crippen LogP contribution in [0.4, 0.5) is 4.79 Å². The molecule has 0 spiro atoms. The predicted octanol–water partition coefficient (Wildman–Crippen LogP) is 0.964. The number of nitrogens with one attached hydrogen (secondary N) is 2. The molecule has 18 heavy (non-hydrogen) atoms. The summed E-state index contributed by atoms with van der Waals surface area (Å²) in [4.78, 5) is 22.9. The molecule has 1 atom stereocenters. The number of rotatable bonds is 6. The Kier molecular flexibility index (Phi) is 4.95. The Morgan fingerprint density at radius 2 is 2.00 bits per heavy atom. The SMILES string of the molecule is COCC(NC(=O)NC1(C(=O)O)CCC1)C(C)C. The molecule has 0 bridgehead atoms. The van der Waals surface area contributed by atoms with Gasteiger partial charge in [-0.1, -0.05) is 13.8 Å². The third-order valence-corrected chi connectivity index (χ3v) is 3.44. The monoisotopic (exact) mass is 258 g/mol. The van der Waals surface area contributed by atoms with Gasteiger partial charge in [-0.2, -0.15) is 0 Å². The van der Waals surface area contributed by atoms with Crippen molar-refractivity contribution in [2.24, 2.45) is 5.92 Å². The van der Waals surface area contributed by atoms with E-state index in [0.29, 0.717) is 19.4 Å². The van der Waals surface area contributed by atoms with Gasteiger partial charge in [-0.3, -0.25) is 0 Å². The highest BCUT2D eigenvalue weighted by molar-refractivity contribution is 5.87.